The highest BCUT2D eigenvalue weighted by atomic mass is 15.2. The van der Waals surface area contributed by atoms with Gasteiger partial charge in [-0.25, -0.2) is 0 Å². The van der Waals surface area contributed by atoms with Crippen LogP contribution in [0, 0.1) is 13.8 Å². The van der Waals surface area contributed by atoms with E-state index in [2.05, 4.69) is 55.6 Å². The number of aryl methyl sites for hydroxylation is 3. The van der Waals surface area contributed by atoms with Crippen molar-refractivity contribution in [2.75, 3.05) is 6.54 Å². The molecular formula is C16H23N3. The molecule has 0 fully saturated rings. The molecule has 1 heterocycles. The third kappa shape index (κ3) is 3.24. The molecule has 0 saturated carbocycles. The van der Waals surface area contributed by atoms with E-state index in [1.54, 1.807) is 0 Å². The molecule has 19 heavy (non-hydrogen) atoms. The lowest BCUT2D eigenvalue weighted by Gasteiger charge is -2.20. The van der Waals surface area contributed by atoms with Gasteiger partial charge in [-0.2, -0.15) is 5.10 Å². The van der Waals surface area contributed by atoms with E-state index in [1.165, 1.54) is 22.3 Å². The van der Waals surface area contributed by atoms with Crippen molar-refractivity contribution in [1.29, 1.82) is 0 Å². The maximum Gasteiger partial charge on any atom is 0.0610 e. The van der Waals surface area contributed by atoms with Crippen molar-refractivity contribution in [3.63, 3.8) is 0 Å². The van der Waals surface area contributed by atoms with Crippen LogP contribution in [0.3, 0.4) is 0 Å². The highest BCUT2D eigenvalue weighted by molar-refractivity contribution is 5.38. The average Bonchev–Trinajstić information content (AvgIpc) is 2.80. The number of nitrogens with one attached hydrogen (secondary N) is 1. The van der Waals surface area contributed by atoms with Crippen LogP contribution in [0.1, 0.15) is 41.6 Å². The minimum atomic E-state index is 0.230. The molecule has 1 unspecified atom stereocenters. The van der Waals surface area contributed by atoms with Gasteiger partial charge in [0.2, 0.25) is 0 Å². The average molecular weight is 257 g/mol. The molecule has 2 aromatic rings. The summed E-state index contributed by atoms with van der Waals surface area (Å²) in [6.07, 6.45) is 5.17. The molecule has 0 saturated heterocycles. The number of aromatic nitrogens is 2. The maximum atomic E-state index is 4.30. The number of nitrogens with zero attached hydrogens (tertiary/aromatic N) is 2. The first-order valence-corrected chi connectivity index (χ1v) is 6.91. The van der Waals surface area contributed by atoms with Gasteiger partial charge in [0, 0.05) is 18.8 Å². The van der Waals surface area contributed by atoms with Gasteiger partial charge in [-0.1, -0.05) is 30.7 Å². The molecule has 3 heteroatoms. The lowest BCUT2D eigenvalue weighted by molar-refractivity contribution is 0.595. The van der Waals surface area contributed by atoms with E-state index in [4.69, 9.17) is 0 Å². The molecule has 0 aliphatic heterocycles. The monoisotopic (exact) mass is 257 g/mol. The number of benzene rings is 1. The van der Waals surface area contributed by atoms with Crippen LogP contribution in [0.4, 0.5) is 0 Å². The maximum absolute atomic E-state index is 4.30. The highest BCUT2D eigenvalue weighted by Gasteiger charge is 2.17. The standard InChI is InChI=1S/C16H23N3/c1-5-8-17-16(14-10-18-19(4)11-14)15-9-12(2)6-7-13(15)3/h6-7,9-11,16-17H,5,8H2,1-4H3. The first kappa shape index (κ1) is 13.8. The molecular weight excluding hydrogens is 234 g/mol. The van der Waals surface area contributed by atoms with Gasteiger partial charge in [-0.3, -0.25) is 4.68 Å². The molecule has 1 aromatic carbocycles. The van der Waals surface area contributed by atoms with Gasteiger partial charge in [-0.05, 0) is 37.9 Å². The Kier molecular flexibility index (Phi) is 4.38. The first-order chi connectivity index (χ1) is 9.11. The molecule has 3 nitrogen and oxygen atoms in total. The van der Waals surface area contributed by atoms with Crippen molar-refractivity contribution < 1.29 is 0 Å². The second-order valence-corrected chi connectivity index (χ2v) is 5.19. The summed E-state index contributed by atoms with van der Waals surface area (Å²) < 4.78 is 1.86. The Bertz CT molecular complexity index is 543. The number of hydrogen-bond acceptors (Lipinski definition) is 2. The first-order valence-electron chi connectivity index (χ1n) is 6.91. The Morgan fingerprint density at radius 2 is 2.11 bits per heavy atom. The third-order valence-electron chi connectivity index (χ3n) is 3.40. The molecule has 0 spiro atoms. The van der Waals surface area contributed by atoms with Gasteiger partial charge in [-0.15, -0.1) is 0 Å². The lowest BCUT2D eigenvalue weighted by atomic mass is 9.95. The molecule has 1 aromatic heterocycles. The second kappa shape index (κ2) is 6.02. The zero-order valence-corrected chi connectivity index (χ0v) is 12.3. The summed E-state index contributed by atoms with van der Waals surface area (Å²) in [5, 5.41) is 7.93. The van der Waals surface area contributed by atoms with Crippen LogP contribution in [0.15, 0.2) is 30.6 Å². The summed E-state index contributed by atoms with van der Waals surface area (Å²) >= 11 is 0. The summed E-state index contributed by atoms with van der Waals surface area (Å²) in [6, 6.07) is 6.87. The van der Waals surface area contributed by atoms with Crippen LogP contribution in [-0.2, 0) is 7.05 Å². The predicted molar refractivity (Wildman–Crippen MR) is 79.3 cm³/mol. The van der Waals surface area contributed by atoms with E-state index in [-0.39, 0.29) is 6.04 Å². The van der Waals surface area contributed by atoms with E-state index in [1.807, 2.05) is 17.9 Å². The Labute approximate surface area is 115 Å². The topological polar surface area (TPSA) is 29.9 Å². The minimum Gasteiger partial charge on any atom is -0.306 e. The van der Waals surface area contributed by atoms with Crippen LogP contribution >= 0.6 is 0 Å². The smallest absolute Gasteiger partial charge is 0.0610 e. The molecule has 0 amide bonds. The van der Waals surface area contributed by atoms with Crippen molar-refractivity contribution in [3.05, 3.63) is 52.8 Å². The van der Waals surface area contributed by atoms with Crippen molar-refractivity contribution in [1.82, 2.24) is 15.1 Å². The molecule has 0 aliphatic rings. The minimum absolute atomic E-state index is 0.230. The van der Waals surface area contributed by atoms with E-state index < -0.39 is 0 Å². The molecule has 1 atom stereocenters. The van der Waals surface area contributed by atoms with Crippen molar-refractivity contribution in [2.45, 2.75) is 33.2 Å². The van der Waals surface area contributed by atoms with Gasteiger partial charge < -0.3 is 5.32 Å². The molecule has 0 bridgehead atoms. The number of rotatable bonds is 5. The van der Waals surface area contributed by atoms with Crippen LogP contribution in [-0.4, -0.2) is 16.3 Å². The summed E-state index contributed by atoms with van der Waals surface area (Å²) in [5.74, 6) is 0. The van der Waals surface area contributed by atoms with Crippen molar-refractivity contribution in [3.8, 4) is 0 Å². The van der Waals surface area contributed by atoms with Gasteiger partial charge in [0.05, 0.1) is 12.2 Å². The molecule has 0 radical (unpaired) electrons. The fourth-order valence-corrected chi connectivity index (χ4v) is 2.36. The lowest BCUT2D eigenvalue weighted by Crippen LogP contribution is -2.23. The Hall–Kier alpha value is -1.61. The van der Waals surface area contributed by atoms with Gasteiger partial charge in [0.1, 0.15) is 0 Å². The van der Waals surface area contributed by atoms with Gasteiger partial charge >= 0.3 is 0 Å². The summed E-state index contributed by atoms with van der Waals surface area (Å²) in [6.45, 7) is 7.51. The summed E-state index contributed by atoms with van der Waals surface area (Å²) in [5.41, 5.74) is 5.20. The highest BCUT2D eigenvalue weighted by Crippen LogP contribution is 2.25. The SMILES string of the molecule is CCCNC(c1cnn(C)c1)c1cc(C)ccc1C. The quantitative estimate of drug-likeness (QED) is 0.892. The van der Waals surface area contributed by atoms with Crippen LogP contribution < -0.4 is 5.32 Å². The van der Waals surface area contributed by atoms with E-state index >= 15 is 0 Å². The molecule has 0 aliphatic carbocycles. The third-order valence-corrected chi connectivity index (χ3v) is 3.40. The molecule has 102 valence electrons. The summed E-state index contributed by atoms with van der Waals surface area (Å²) in [4.78, 5) is 0. The normalized spacial score (nSPS) is 12.6. The van der Waals surface area contributed by atoms with E-state index in [9.17, 15) is 0 Å². The molecule has 2 rings (SSSR count). The fourth-order valence-electron chi connectivity index (χ4n) is 2.36. The second-order valence-electron chi connectivity index (χ2n) is 5.19. The number of hydrogen-bond donors (Lipinski definition) is 1. The van der Waals surface area contributed by atoms with Crippen LogP contribution in [0.2, 0.25) is 0 Å². The Morgan fingerprint density at radius 1 is 1.32 bits per heavy atom. The van der Waals surface area contributed by atoms with E-state index in [0.29, 0.717) is 0 Å². The van der Waals surface area contributed by atoms with Crippen LogP contribution in [0.5, 0.6) is 0 Å². The zero-order chi connectivity index (χ0) is 13.8. The summed E-state index contributed by atoms with van der Waals surface area (Å²) in [7, 11) is 1.96. The zero-order valence-electron chi connectivity index (χ0n) is 12.3. The largest absolute Gasteiger partial charge is 0.306 e. The van der Waals surface area contributed by atoms with Crippen molar-refractivity contribution in [2.24, 2.45) is 7.05 Å². The Balaban J connectivity index is 2.39. The Morgan fingerprint density at radius 3 is 2.74 bits per heavy atom. The predicted octanol–water partition coefficient (Wildman–Crippen LogP) is 3.13. The fraction of sp³-hybridized carbons (Fsp3) is 0.438. The van der Waals surface area contributed by atoms with Crippen molar-refractivity contribution >= 4 is 0 Å². The van der Waals surface area contributed by atoms with E-state index in [0.717, 1.165) is 13.0 Å². The van der Waals surface area contributed by atoms with Gasteiger partial charge in [0.25, 0.3) is 0 Å². The van der Waals surface area contributed by atoms with Gasteiger partial charge in [0.15, 0.2) is 0 Å². The molecule has 1 N–H and O–H groups in total. The van der Waals surface area contributed by atoms with Crippen LogP contribution in [0.25, 0.3) is 0 Å².